The van der Waals surface area contributed by atoms with Gasteiger partial charge in [-0.15, -0.1) is 0 Å². The number of piperidine rings is 1. The summed E-state index contributed by atoms with van der Waals surface area (Å²) in [5.74, 6) is -0.224. The Morgan fingerprint density at radius 2 is 1.92 bits per heavy atom. The molecule has 26 heavy (non-hydrogen) atoms. The molecular formula is C18H24F3N3O2. The van der Waals surface area contributed by atoms with Gasteiger partial charge in [0.2, 0.25) is 5.91 Å². The number of carbonyl (C=O) groups is 2. The molecule has 1 heterocycles. The molecule has 1 fully saturated rings. The molecule has 1 aromatic carbocycles. The highest BCUT2D eigenvalue weighted by molar-refractivity contribution is 5.89. The number of halogens is 3. The normalized spacial score (nSPS) is 18.0. The van der Waals surface area contributed by atoms with Gasteiger partial charge in [-0.05, 0) is 43.5 Å². The van der Waals surface area contributed by atoms with Crippen molar-refractivity contribution < 1.29 is 22.8 Å². The summed E-state index contributed by atoms with van der Waals surface area (Å²) in [6.07, 6.45) is -2.98. The van der Waals surface area contributed by atoms with Crippen LogP contribution < -0.4 is 10.6 Å². The van der Waals surface area contributed by atoms with Crippen LogP contribution in [0.5, 0.6) is 0 Å². The zero-order valence-corrected chi connectivity index (χ0v) is 15.1. The quantitative estimate of drug-likeness (QED) is 0.849. The number of anilines is 1. The number of nitrogens with one attached hydrogen (secondary N) is 2. The lowest BCUT2D eigenvalue weighted by molar-refractivity contribution is -0.137. The Kier molecular flexibility index (Phi) is 6.15. The Morgan fingerprint density at radius 3 is 2.54 bits per heavy atom. The summed E-state index contributed by atoms with van der Waals surface area (Å²) < 4.78 is 38.7. The fourth-order valence-electron chi connectivity index (χ4n) is 2.87. The first-order valence-electron chi connectivity index (χ1n) is 8.61. The van der Waals surface area contributed by atoms with Gasteiger partial charge in [-0.2, -0.15) is 13.2 Å². The van der Waals surface area contributed by atoms with Crippen molar-refractivity contribution in [2.45, 2.75) is 45.8 Å². The summed E-state index contributed by atoms with van der Waals surface area (Å²) in [7, 11) is 0. The Morgan fingerprint density at radius 1 is 1.23 bits per heavy atom. The molecule has 1 aliphatic rings. The van der Waals surface area contributed by atoms with Crippen LogP contribution >= 0.6 is 0 Å². The van der Waals surface area contributed by atoms with E-state index in [0.29, 0.717) is 18.7 Å². The molecule has 1 atom stereocenters. The van der Waals surface area contributed by atoms with Crippen molar-refractivity contribution in [3.05, 3.63) is 29.3 Å². The maximum Gasteiger partial charge on any atom is 0.416 e. The summed E-state index contributed by atoms with van der Waals surface area (Å²) in [6.45, 7) is 5.96. The summed E-state index contributed by atoms with van der Waals surface area (Å²) in [5.41, 5.74) is -0.278. The van der Waals surface area contributed by atoms with E-state index in [1.165, 1.54) is 11.0 Å². The summed E-state index contributed by atoms with van der Waals surface area (Å²) in [5, 5.41) is 5.43. The van der Waals surface area contributed by atoms with Crippen molar-refractivity contribution in [1.82, 2.24) is 10.2 Å². The highest BCUT2D eigenvalue weighted by Crippen LogP contribution is 2.32. The van der Waals surface area contributed by atoms with E-state index in [-0.39, 0.29) is 23.6 Å². The van der Waals surface area contributed by atoms with Gasteiger partial charge in [-0.3, -0.25) is 4.79 Å². The van der Waals surface area contributed by atoms with Crippen LogP contribution in [-0.2, 0) is 11.0 Å². The fraction of sp³-hybridized carbons (Fsp3) is 0.556. The monoisotopic (exact) mass is 371 g/mol. The minimum absolute atomic E-state index is 0.0780. The maximum atomic E-state index is 12.9. The summed E-state index contributed by atoms with van der Waals surface area (Å²) in [6, 6.07) is 2.84. The van der Waals surface area contributed by atoms with Gasteiger partial charge in [0.15, 0.2) is 0 Å². The largest absolute Gasteiger partial charge is 0.416 e. The average Bonchev–Trinajstić information content (AvgIpc) is 2.53. The molecule has 0 radical (unpaired) electrons. The van der Waals surface area contributed by atoms with Crippen LogP contribution in [0.15, 0.2) is 18.2 Å². The molecule has 1 aromatic rings. The molecule has 0 aliphatic carbocycles. The second kappa shape index (κ2) is 7.97. The molecule has 3 amide bonds. The number of carbonyl (C=O) groups excluding carboxylic acids is 2. The Bertz CT molecular complexity index is 674. The zero-order chi connectivity index (χ0) is 19.5. The number of nitrogens with zero attached hydrogens (tertiary/aromatic N) is 1. The first-order valence-corrected chi connectivity index (χ1v) is 8.61. The predicted octanol–water partition coefficient (Wildman–Crippen LogP) is 3.78. The third kappa shape index (κ3) is 5.37. The van der Waals surface area contributed by atoms with E-state index in [2.05, 4.69) is 10.6 Å². The van der Waals surface area contributed by atoms with Crippen molar-refractivity contribution in [2.75, 3.05) is 18.4 Å². The van der Waals surface area contributed by atoms with Crippen LogP contribution in [-0.4, -0.2) is 36.0 Å². The van der Waals surface area contributed by atoms with Crippen LogP contribution in [0.3, 0.4) is 0 Å². The average molecular weight is 371 g/mol. The minimum Gasteiger partial charge on any atom is -0.351 e. The lowest BCUT2D eigenvalue weighted by atomic mass is 10.0. The number of hydrogen-bond acceptors (Lipinski definition) is 2. The van der Waals surface area contributed by atoms with Gasteiger partial charge in [-0.1, -0.05) is 13.8 Å². The molecular weight excluding hydrogens is 347 g/mol. The van der Waals surface area contributed by atoms with Crippen LogP contribution in [0.2, 0.25) is 0 Å². The molecule has 0 aromatic heterocycles. The van der Waals surface area contributed by atoms with E-state index in [1.807, 2.05) is 0 Å². The standard InChI is InChI=1S/C18H24F3N3O2/c1-11(2)16(25)22-14-5-4-6-24(10-14)17(26)23-15-8-12(3)7-13(9-15)18(19,20)21/h7-9,11,14H,4-6,10H2,1-3H3,(H,22,25)(H,23,26). The van der Waals surface area contributed by atoms with Crippen molar-refractivity contribution in [3.8, 4) is 0 Å². The molecule has 0 spiro atoms. The number of aryl methyl sites for hydroxylation is 1. The third-order valence-corrected chi connectivity index (χ3v) is 4.24. The van der Waals surface area contributed by atoms with Crippen molar-refractivity contribution in [3.63, 3.8) is 0 Å². The smallest absolute Gasteiger partial charge is 0.351 e. The highest BCUT2D eigenvalue weighted by atomic mass is 19.4. The molecule has 5 nitrogen and oxygen atoms in total. The fourth-order valence-corrected chi connectivity index (χ4v) is 2.87. The van der Waals surface area contributed by atoms with Gasteiger partial charge in [0.25, 0.3) is 0 Å². The number of alkyl halides is 3. The molecule has 144 valence electrons. The Hall–Kier alpha value is -2.25. The summed E-state index contributed by atoms with van der Waals surface area (Å²) >= 11 is 0. The van der Waals surface area contributed by atoms with E-state index in [4.69, 9.17) is 0 Å². The van der Waals surface area contributed by atoms with Crippen molar-refractivity contribution in [2.24, 2.45) is 5.92 Å². The molecule has 8 heteroatoms. The highest BCUT2D eigenvalue weighted by Gasteiger charge is 2.31. The van der Waals surface area contributed by atoms with Crippen LogP contribution in [0.25, 0.3) is 0 Å². The van der Waals surface area contributed by atoms with Gasteiger partial charge in [-0.25, -0.2) is 4.79 Å². The lowest BCUT2D eigenvalue weighted by Gasteiger charge is -2.33. The molecule has 0 saturated carbocycles. The van der Waals surface area contributed by atoms with E-state index >= 15 is 0 Å². The van der Waals surface area contributed by atoms with E-state index in [1.54, 1.807) is 20.8 Å². The number of amides is 3. The molecule has 1 aliphatic heterocycles. The van der Waals surface area contributed by atoms with E-state index < -0.39 is 17.8 Å². The van der Waals surface area contributed by atoms with E-state index in [0.717, 1.165) is 25.0 Å². The zero-order valence-electron chi connectivity index (χ0n) is 15.1. The Balaban J connectivity index is 2.03. The number of likely N-dealkylation sites (tertiary alicyclic amines) is 1. The number of hydrogen-bond donors (Lipinski definition) is 2. The van der Waals surface area contributed by atoms with Gasteiger partial charge >= 0.3 is 12.2 Å². The molecule has 0 bridgehead atoms. The lowest BCUT2D eigenvalue weighted by Crippen LogP contribution is -2.51. The third-order valence-electron chi connectivity index (χ3n) is 4.24. The first kappa shape index (κ1) is 20.1. The minimum atomic E-state index is -4.47. The Labute approximate surface area is 150 Å². The van der Waals surface area contributed by atoms with Crippen molar-refractivity contribution in [1.29, 1.82) is 0 Å². The maximum absolute atomic E-state index is 12.9. The number of urea groups is 1. The number of rotatable bonds is 3. The van der Waals surface area contributed by atoms with Crippen LogP contribution in [0, 0.1) is 12.8 Å². The molecule has 2 rings (SSSR count). The van der Waals surface area contributed by atoms with Crippen LogP contribution in [0.4, 0.5) is 23.7 Å². The van der Waals surface area contributed by atoms with Gasteiger partial charge in [0.05, 0.1) is 5.56 Å². The second-order valence-electron chi connectivity index (χ2n) is 6.96. The van der Waals surface area contributed by atoms with Gasteiger partial charge < -0.3 is 15.5 Å². The van der Waals surface area contributed by atoms with E-state index in [9.17, 15) is 22.8 Å². The number of benzene rings is 1. The van der Waals surface area contributed by atoms with Gasteiger partial charge in [0, 0.05) is 30.7 Å². The first-order chi connectivity index (χ1) is 12.1. The second-order valence-corrected chi connectivity index (χ2v) is 6.96. The predicted molar refractivity (Wildman–Crippen MR) is 92.8 cm³/mol. The SMILES string of the molecule is Cc1cc(NC(=O)N2CCCC(NC(=O)C(C)C)C2)cc(C(F)(F)F)c1. The van der Waals surface area contributed by atoms with Crippen LogP contribution in [0.1, 0.15) is 37.8 Å². The topological polar surface area (TPSA) is 61.4 Å². The molecule has 1 unspecified atom stereocenters. The van der Waals surface area contributed by atoms with Crippen molar-refractivity contribution >= 4 is 17.6 Å². The van der Waals surface area contributed by atoms with Gasteiger partial charge in [0.1, 0.15) is 0 Å². The summed E-state index contributed by atoms with van der Waals surface area (Å²) in [4.78, 5) is 25.8. The molecule has 1 saturated heterocycles. The molecule has 2 N–H and O–H groups in total.